The molecule has 0 aliphatic carbocycles. The quantitative estimate of drug-likeness (QED) is 0.686. The molecule has 25 heavy (non-hydrogen) atoms. The average Bonchev–Trinajstić information content (AvgIpc) is 3.35. The minimum atomic E-state index is 0.531. The van der Waals surface area contributed by atoms with Crippen molar-refractivity contribution < 1.29 is 5.11 Å². The number of aliphatic hydroxyl groups excluding tert-OH is 1. The molecule has 0 bridgehead atoms. The molecule has 8 heteroatoms. The van der Waals surface area contributed by atoms with E-state index < -0.39 is 0 Å². The normalized spacial score (nSPS) is 16.8. The van der Waals surface area contributed by atoms with E-state index in [9.17, 15) is 0 Å². The summed E-state index contributed by atoms with van der Waals surface area (Å²) in [7, 11) is 3.02. The molecular weight excluding hydrogens is 354 g/mol. The van der Waals surface area contributed by atoms with E-state index in [1.54, 1.807) is 11.3 Å². The highest BCUT2D eigenvalue weighted by molar-refractivity contribution is 7.71. The summed E-state index contributed by atoms with van der Waals surface area (Å²) in [5, 5.41) is 14.2. The predicted molar refractivity (Wildman–Crippen MR) is 105 cm³/mol. The minimum Gasteiger partial charge on any atom is -0.400 e. The van der Waals surface area contributed by atoms with Gasteiger partial charge in [0, 0.05) is 49.4 Å². The fraction of sp³-hybridized carbons (Fsp3) is 0.353. The molecule has 4 rings (SSSR count). The van der Waals surface area contributed by atoms with Gasteiger partial charge in [-0.3, -0.25) is 4.57 Å². The van der Waals surface area contributed by atoms with Gasteiger partial charge < -0.3 is 15.3 Å². The van der Waals surface area contributed by atoms with Gasteiger partial charge in [-0.05, 0) is 31.7 Å². The topological polar surface area (TPSA) is 66.2 Å². The smallest absolute Gasteiger partial charge is 0.195 e. The van der Waals surface area contributed by atoms with Crippen molar-refractivity contribution in [2.24, 2.45) is 0 Å². The standard InChI is InChI=1S/C16H17N5S2.CH4O/c1-17-11-4-7-20(10-11)14-3-2-12-13(22)5-8-21(15(12)19-14)16-18-6-9-23-16;1-2/h2-3,5-6,8-9,11,17H,4,7,10H2,1H3;2H,1H3. The number of aromatic nitrogens is 3. The highest BCUT2D eigenvalue weighted by Gasteiger charge is 2.22. The molecule has 132 valence electrons. The van der Waals surface area contributed by atoms with Gasteiger partial charge in [0.15, 0.2) is 5.13 Å². The number of pyridine rings is 2. The molecule has 1 aliphatic rings. The molecule has 1 aliphatic heterocycles. The molecule has 0 spiro atoms. The highest BCUT2D eigenvalue weighted by Crippen LogP contribution is 2.25. The van der Waals surface area contributed by atoms with Crippen molar-refractivity contribution in [3.8, 4) is 5.13 Å². The van der Waals surface area contributed by atoms with Crippen LogP contribution >= 0.6 is 23.6 Å². The summed E-state index contributed by atoms with van der Waals surface area (Å²) in [5.74, 6) is 1.00. The number of aliphatic hydroxyl groups is 1. The van der Waals surface area contributed by atoms with Gasteiger partial charge in [0.1, 0.15) is 11.5 Å². The molecule has 1 fully saturated rings. The maximum absolute atomic E-state index is 7.00. The summed E-state index contributed by atoms with van der Waals surface area (Å²) in [5.41, 5.74) is 0.873. The maximum Gasteiger partial charge on any atom is 0.195 e. The van der Waals surface area contributed by atoms with E-state index in [2.05, 4.69) is 27.3 Å². The molecule has 1 saturated heterocycles. The van der Waals surface area contributed by atoms with E-state index in [1.807, 2.05) is 35.5 Å². The van der Waals surface area contributed by atoms with Crippen molar-refractivity contribution in [2.75, 3.05) is 32.1 Å². The van der Waals surface area contributed by atoms with Crippen LogP contribution in [-0.4, -0.2) is 52.9 Å². The van der Waals surface area contributed by atoms with Crippen LogP contribution in [0.1, 0.15) is 6.42 Å². The van der Waals surface area contributed by atoms with Gasteiger partial charge >= 0.3 is 0 Å². The maximum atomic E-state index is 7.00. The largest absolute Gasteiger partial charge is 0.400 e. The molecule has 0 saturated carbocycles. The van der Waals surface area contributed by atoms with Crippen LogP contribution in [0.2, 0.25) is 0 Å². The molecule has 0 radical (unpaired) electrons. The van der Waals surface area contributed by atoms with Gasteiger partial charge in [-0.25, -0.2) is 9.97 Å². The number of anilines is 1. The Hall–Kier alpha value is -1.87. The fourth-order valence-electron chi connectivity index (χ4n) is 2.99. The lowest BCUT2D eigenvalue weighted by molar-refractivity contribution is 0.399. The molecule has 0 amide bonds. The van der Waals surface area contributed by atoms with Crippen LogP contribution in [0.4, 0.5) is 5.82 Å². The molecule has 2 N–H and O–H groups in total. The lowest BCUT2D eigenvalue weighted by Crippen LogP contribution is -2.29. The van der Waals surface area contributed by atoms with Gasteiger partial charge in [-0.15, -0.1) is 11.3 Å². The Labute approximate surface area is 155 Å². The molecule has 3 aromatic heterocycles. The van der Waals surface area contributed by atoms with Crippen LogP contribution < -0.4 is 10.2 Å². The first kappa shape index (κ1) is 17.9. The van der Waals surface area contributed by atoms with Gasteiger partial charge in [0.05, 0.1) is 4.51 Å². The minimum absolute atomic E-state index is 0.531. The van der Waals surface area contributed by atoms with E-state index in [1.165, 1.54) is 0 Å². The fourth-order valence-corrected chi connectivity index (χ4v) is 3.83. The number of thiazole rings is 1. The van der Waals surface area contributed by atoms with Crippen LogP contribution in [-0.2, 0) is 0 Å². The molecular formula is C17H21N5OS2. The first-order valence-corrected chi connectivity index (χ1v) is 9.34. The van der Waals surface area contributed by atoms with E-state index in [0.29, 0.717) is 6.04 Å². The SMILES string of the molecule is CNC1CCN(c2ccc3c(=S)ccn(-c4nccs4)c3n2)C1.CO. The van der Waals surface area contributed by atoms with Crippen molar-refractivity contribution >= 4 is 40.4 Å². The van der Waals surface area contributed by atoms with E-state index in [0.717, 1.165) is 53.1 Å². The number of hydrogen-bond donors (Lipinski definition) is 2. The van der Waals surface area contributed by atoms with Crippen LogP contribution in [0.3, 0.4) is 0 Å². The number of nitrogens with one attached hydrogen (secondary N) is 1. The second kappa shape index (κ2) is 8.01. The number of fused-ring (bicyclic) bond motifs is 1. The van der Waals surface area contributed by atoms with Crippen molar-refractivity contribution in [3.63, 3.8) is 0 Å². The van der Waals surface area contributed by atoms with Crippen LogP contribution in [0, 0.1) is 4.51 Å². The Bertz CT molecular complexity index is 894. The van der Waals surface area contributed by atoms with Gasteiger partial charge in [0.25, 0.3) is 0 Å². The third kappa shape index (κ3) is 3.57. The Morgan fingerprint density at radius 2 is 2.16 bits per heavy atom. The molecule has 1 unspecified atom stereocenters. The lowest BCUT2D eigenvalue weighted by Gasteiger charge is -2.18. The van der Waals surface area contributed by atoms with E-state index in [4.69, 9.17) is 22.3 Å². The number of likely N-dealkylation sites (N-methyl/N-ethyl adjacent to an activating group) is 1. The number of hydrogen-bond acceptors (Lipinski definition) is 7. The second-order valence-electron chi connectivity index (χ2n) is 5.63. The highest BCUT2D eigenvalue weighted by atomic mass is 32.1. The third-order valence-corrected chi connectivity index (χ3v) is 5.40. The average molecular weight is 376 g/mol. The predicted octanol–water partition coefficient (Wildman–Crippen LogP) is 2.62. The number of rotatable bonds is 3. The Morgan fingerprint density at radius 1 is 1.32 bits per heavy atom. The summed E-state index contributed by atoms with van der Waals surface area (Å²) in [4.78, 5) is 11.6. The summed E-state index contributed by atoms with van der Waals surface area (Å²) >= 11 is 7.06. The molecule has 4 heterocycles. The van der Waals surface area contributed by atoms with Crippen LogP contribution in [0.25, 0.3) is 16.2 Å². The Morgan fingerprint density at radius 3 is 2.84 bits per heavy atom. The molecule has 1 atom stereocenters. The van der Waals surface area contributed by atoms with E-state index >= 15 is 0 Å². The summed E-state index contributed by atoms with van der Waals surface area (Å²) in [6, 6.07) is 6.62. The Balaban J connectivity index is 0.000000880. The van der Waals surface area contributed by atoms with Crippen molar-refractivity contribution in [1.82, 2.24) is 19.9 Å². The molecule has 3 aromatic rings. The number of nitrogens with zero attached hydrogens (tertiary/aromatic N) is 4. The monoisotopic (exact) mass is 375 g/mol. The summed E-state index contributed by atoms with van der Waals surface area (Å²) in [6.07, 6.45) is 4.91. The summed E-state index contributed by atoms with van der Waals surface area (Å²) < 4.78 is 2.84. The van der Waals surface area contributed by atoms with E-state index in [-0.39, 0.29) is 0 Å². The van der Waals surface area contributed by atoms with Crippen molar-refractivity contribution in [3.05, 3.63) is 40.5 Å². The van der Waals surface area contributed by atoms with Gasteiger partial charge in [-0.2, -0.15) is 0 Å². The third-order valence-electron chi connectivity index (χ3n) is 4.27. The lowest BCUT2D eigenvalue weighted by atomic mass is 10.2. The first-order chi connectivity index (χ1) is 12.3. The van der Waals surface area contributed by atoms with Crippen molar-refractivity contribution in [2.45, 2.75) is 12.5 Å². The van der Waals surface area contributed by atoms with Crippen LogP contribution in [0.5, 0.6) is 0 Å². The van der Waals surface area contributed by atoms with Crippen LogP contribution in [0.15, 0.2) is 36.0 Å². The molecule has 6 nitrogen and oxygen atoms in total. The Kier molecular flexibility index (Phi) is 5.74. The first-order valence-electron chi connectivity index (χ1n) is 8.05. The van der Waals surface area contributed by atoms with Crippen molar-refractivity contribution in [1.29, 1.82) is 0 Å². The van der Waals surface area contributed by atoms with Gasteiger partial charge in [-0.1, -0.05) is 12.2 Å². The summed E-state index contributed by atoms with van der Waals surface area (Å²) in [6.45, 7) is 2.01. The zero-order valence-electron chi connectivity index (χ0n) is 14.2. The molecule has 0 aromatic carbocycles. The second-order valence-corrected chi connectivity index (χ2v) is 6.94. The zero-order valence-corrected chi connectivity index (χ0v) is 15.8. The zero-order chi connectivity index (χ0) is 17.8. The van der Waals surface area contributed by atoms with Gasteiger partial charge in [0.2, 0.25) is 0 Å².